The van der Waals surface area contributed by atoms with Crippen LogP contribution in [0.25, 0.3) is 0 Å². The van der Waals surface area contributed by atoms with E-state index in [2.05, 4.69) is 0 Å². The highest BCUT2D eigenvalue weighted by Crippen LogP contribution is 2.08. The van der Waals surface area contributed by atoms with Crippen LogP contribution in [0.5, 0.6) is 0 Å². The van der Waals surface area contributed by atoms with Crippen molar-refractivity contribution in [3.63, 3.8) is 0 Å². The standard InChI is InChI=1S/C9H13N2O2/c1-8-4-6-11(13-8)7-10-5-2-3-9(10)12/h4,6H,2-3,5,7H2,1H3/q+1. The summed E-state index contributed by atoms with van der Waals surface area (Å²) in [6, 6.07) is 1.89. The minimum atomic E-state index is 0.224. The Morgan fingerprint density at radius 3 is 3.08 bits per heavy atom. The number of hydrogen-bond acceptors (Lipinski definition) is 2. The number of carbonyl (C=O) groups is 1. The molecule has 13 heavy (non-hydrogen) atoms. The maximum atomic E-state index is 11.3. The van der Waals surface area contributed by atoms with Crippen LogP contribution in [0.4, 0.5) is 0 Å². The monoisotopic (exact) mass is 181 g/mol. The molecule has 1 fully saturated rings. The van der Waals surface area contributed by atoms with Gasteiger partial charge in [0, 0.05) is 24.6 Å². The van der Waals surface area contributed by atoms with E-state index in [1.165, 1.54) is 0 Å². The van der Waals surface area contributed by atoms with Crippen molar-refractivity contribution in [3.05, 3.63) is 18.0 Å². The first-order valence-corrected chi connectivity index (χ1v) is 4.50. The second kappa shape index (κ2) is 3.20. The van der Waals surface area contributed by atoms with Crippen molar-refractivity contribution in [1.82, 2.24) is 4.90 Å². The summed E-state index contributed by atoms with van der Waals surface area (Å²) in [5.41, 5.74) is 0. The van der Waals surface area contributed by atoms with E-state index >= 15 is 0 Å². The summed E-state index contributed by atoms with van der Waals surface area (Å²) in [6.07, 6.45) is 3.50. The average Bonchev–Trinajstić information content (AvgIpc) is 2.64. The van der Waals surface area contributed by atoms with Crippen LogP contribution in [-0.2, 0) is 11.5 Å². The summed E-state index contributed by atoms with van der Waals surface area (Å²) in [4.78, 5) is 13.1. The molecule has 4 nitrogen and oxygen atoms in total. The van der Waals surface area contributed by atoms with Gasteiger partial charge in [0.2, 0.25) is 12.1 Å². The molecule has 0 radical (unpaired) electrons. The molecular formula is C9H13N2O2+. The zero-order valence-electron chi connectivity index (χ0n) is 7.69. The summed E-state index contributed by atoms with van der Waals surface area (Å²) in [7, 11) is 0. The smallest absolute Gasteiger partial charge is 0.270 e. The topological polar surface area (TPSA) is 37.3 Å². The minimum Gasteiger partial charge on any atom is -0.283 e. The zero-order chi connectivity index (χ0) is 9.26. The molecule has 0 aliphatic carbocycles. The second-order valence-corrected chi connectivity index (χ2v) is 3.34. The molecule has 1 aliphatic heterocycles. The fourth-order valence-corrected chi connectivity index (χ4v) is 1.53. The van der Waals surface area contributed by atoms with Crippen LogP contribution in [0.15, 0.2) is 16.8 Å². The SMILES string of the molecule is Cc1cc[n+](CN2CCCC2=O)o1. The summed E-state index contributed by atoms with van der Waals surface area (Å²) in [6.45, 7) is 3.29. The molecule has 0 unspecified atom stereocenters. The summed E-state index contributed by atoms with van der Waals surface area (Å²) in [5, 5.41) is 0. The lowest BCUT2D eigenvalue weighted by atomic mass is 10.4. The molecule has 0 spiro atoms. The van der Waals surface area contributed by atoms with Gasteiger partial charge in [0.25, 0.3) is 6.67 Å². The number of carbonyl (C=O) groups excluding carboxylic acids is 1. The molecule has 0 aromatic carbocycles. The van der Waals surface area contributed by atoms with Gasteiger partial charge in [-0.1, -0.05) is 0 Å². The number of rotatable bonds is 2. The Kier molecular flexibility index (Phi) is 2.04. The van der Waals surface area contributed by atoms with E-state index in [4.69, 9.17) is 4.52 Å². The van der Waals surface area contributed by atoms with E-state index in [0.717, 1.165) is 18.7 Å². The third-order valence-electron chi connectivity index (χ3n) is 2.22. The van der Waals surface area contributed by atoms with E-state index in [1.54, 1.807) is 4.74 Å². The van der Waals surface area contributed by atoms with Crippen LogP contribution >= 0.6 is 0 Å². The lowest BCUT2D eigenvalue weighted by Gasteiger charge is -2.07. The highest BCUT2D eigenvalue weighted by molar-refractivity contribution is 5.77. The first-order chi connectivity index (χ1) is 6.25. The number of aromatic nitrogens is 1. The molecule has 1 aliphatic rings. The molecule has 1 aromatic heterocycles. The molecule has 0 bridgehead atoms. The van der Waals surface area contributed by atoms with E-state index < -0.39 is 0 Å². The lowest BCUT2D eigenvalue weighted by molar-refractivity contribution is -0.874. The number of hydrogen-bond donors (Lipinski definition) is 0. The van der Waals surface area contributed by atoms with Crippen molar-refractivity contribution >= 4 is 5.91 Å². The van der Waals surface area contributed by atoms with Gasteiger partial charge in [0.15, 0.2) is 5.76 Å². The first-order valence-electron chi connectivity index (χ1n) is 4.50. The molecule has 4 heteroatoms. The van der Waals surface area contributed by atoms with Crippen molar-refractivity contribution in [1.29, 1.82) is 0 Å². The molecule has 0 N–H and O–H groups in total. The Balaban J connectivity index is 2.01. The highest BCUT2D eigenvalue weighted by Gasteiger charge is 2.24. The van der Waals surface area contributed by atoms with Crippen molar-refractivity contribution in [2.24, 2.45) is 0 Å². The van der Waals surface area contributed by atoms with E-state index in [9.17, 15) is 4.79 Å². The Labute approximate surface area is 76.7 Å². The lowest BCUT2D eigenvalue weighted by Crippen LogP contribution is -2.42. The largest absolute Gasteiger partial charge is 0.283 e. The van der Waals surface area contributed by atoms with Crippen LogP contribution in [0.3, 0.4) is 0 Å². The molecule has 0 saturated carbocycles. The zero-order valence-corrected chi connectivity index (χ0v) is 7.69. The van der Waals surface area contributed by atoms with Crippen LogP contribution in [-0.4, -0.2) is 17.4 Å². The maximum Gasteiger partial charge on any atom is 0.270 e. The predicted octanol–water partition coefficient (Wildman–Crippen LogP) is 0.455. The Bertz CT molecular complexity index is 319. The fourth-order valence-electron chi connectivity index (χ4n) is 1.53. The normalized spacial score (nSPS) is 17.0. The van der Waals surface area contributed by atoms with Crippen LogP contribution < -0.4 is 4.74 Å². The minimum absolute atomic E-state index is 0.224. The Morgan fingerprint density at radius 2 is 2.54 bits per heavy atom. The quantitative estimate of drug-likeness (QED) is 0.621. The summed E-state index contributed by atoms with van der Waals surface area (Å²) < 4.78 is 7.00. The molecule has 2 heterocycles. The molecule has 1 aromatic rings. The fraction of sp³-hybridized carbons (Fsp3) is 0.556. The van der Waals surface area contributed by atoms with Gasteiger partial charge in [0.05, 0.1) is 6.07 Å². The number of likely N-dealkylation sites (tertiary alicyclic amines) is 1. The molecule has 1 amide bonds. The summed E-state index contributed by atoms with van der Waals surface area (Å²) >= 11 is 0. The van der Waals surface area contributed by atoms with E-state index in [1.807, 2.05) is 24.1 Å². The molecule has 0 atom stereocenters. The first kappa shape index (κ1) is 8.29. The van der Waals surface area contributed by atoms with Crippen molar-refractivity contribution < 1.29 is 14.1 Å². The van der Waals surface area contributed by atoms with Crippen molar-refractivity contribution in [3.8, 4) is 0 Å². The number of aryl methyl sites for hydroxylation is 1. The van der Waals surface area contributed by atoms with Gasteiger partial charge in [0.1, 0.15) is 0 Å². The van der Waals surface area contributed by atoms with Gasteiger partial charge >= 0.3 is 0 Å². The van der Waals surface area contributed by atoms with Crippen molar-refractivity contribution in [2.75, 3.05) is 6.54 Å². The van der Waals surface area contributed by atoms with Crippen LogP contribution in [0.1, 0.15) is 18.6 Å². The Morgan fingerprint density at radius 1 is 1.69 bits per heavy atom. The molecular weight excluding hydrogens is 168 g/mol. The number of nitrogens with zero attached hydrogens (tertiary/aromatic N) is 2. The average molecular weight is 181 g/mol. The van der Waals surface area contributed by atoms with Crippen molar-refractivity contribution in [2.45, 2.75) is 26.4 Å². The van der Waals surface area contributed by atoms with Gasteiger partial charge < -0.3 is 0 Å². The molecule has 1 saturated heterocycles. The van der Waals surface area contributed by atoms with Gasteiger partial charge in [-0.05, 0) is 6.42 Å². The third kappa shape index (κ3) is 1.71. The van der Waals surface area contributed by atoms with E-state index in [0.29, 0.717) is 13.1 Å². The van der Waals surface area contributed by atoms with E-state index in [-0.39, 0.29) is 5.91 Å². The number of amides is 1. The van der Waals surface area contributed by atoms with Crippen LogP contribution in [0, 0.1) is 6.92 Å². The van der Waals surface area contributed by atoms with Gasteiger partial charge in [-0.3, -0.25) is 9.69 Å². The predicted molar refractivity (Wildman–Crippen MR) is 44.6 cm³/mol. The third-order valence-corrected chi connectivity index (χ3v) is 2.22. The Hall–Kier alpha value is -1.32. The molecule has 70 valence electrons. The van der Waals surface area contributed by atoms with Crippen LogP contribution in [0.2, 0.25) is 0 Å². The molecule has 2 rings (SSSR count). The highest BCUT2D eigenvalue weighted by atomic mass is 16.5. The second-order valence-electron chi connectivity index (χ2n) is 3.34. The van der Waals surface area contributed by atoms with Gasteiger partial charge in [-0.15, -0.1) is 0 Å². The summed E-state index contributed by atoms with van der Waals surface area (Å²) in [5.74, 6) is 1.09. The van der Waals surface area contributed by atoms with Gasteiger partial charge in [-0.25, -0.2) is 4.52 Å². The maximum absolute atomic E-state index is 11.3. The van der Waals surface area contributed by atoms with Gasteiger partial charge in [-0.2, -0.15) is 0 Å².